The fourth-order valence-corrected chi connectivity index (χ4v) is 10.7. The average molecular weight is 816 g/mol. The maximum atomic E-state index is 6.43. The van der Waals surface area contributed by atoms with Gasteiger partial charge in [-0.05, 0) is 108 Å². The summed E-state index contributed by atoms with van der Waals surface area (Å²) in [5.41, 5.74) is 17.0. The Morgan fingerprint density at radius 3 is 1.52 bits per heavy atom. The first-order valence-electron chi connectivity index (χ1n) is 21.9. The van der Waals surface area contributed by atoms with Crippen molar-refractivity contribution in [1.29, 1.82) is 0 Å². The summed E-state index contributed by atoms with van der Waals surface area (Å²) in [6, 6.07) is 81.4. The minimum Gasteiger partial charge on any atom is -0.456 e. The van der Waals surface area contributed by atoms with E-state index < -0.39 is 0 Å². The maximum Gasteiger partial charge on any atom is 0.135 e. The number of fused-ring (bicyclic) bond motifs is 13. The van der Waals surface area contributed by atoms with Crippen LogP contribution in [0.3, 0.4) is 0 Å². The molecule has 0 radical (unpaired) electrons. The Morgan fingerprint density at radius 1 is 0.266 bits per heavy atom. The number of benzene rings is 10. The monoisotopic (exact) mass is 815 g/mol. The molecule has 64 heavy (non-hydrogen) atoms. The molecule has 0 spiro atoms. The number of furan rings is 1. The van der Waals surface area contributed by atoms with E-state index in [1.54, 1.807) is 0 Å². The van der Waals surface area contributed by atoms with Crippen molar-refractivity contribution in [1.82, 2.24) is 13.7 Å². The van der Waals surface area contributed by atoms with Crippen LogP contribution in [0.2, 0.25) is 0 Å². The number of hydrogen-bond donors (Lipinski definition) is 0. The van der Waals surface area contributed by atoms with Crippen LogP contribution in [0, 0.1) is 0 Å². The molecule has 4 heteroatoms. The lowest BCUT2D eigenvalue weighted by atomic mass is 10.0. The van der Waals surface area contributed by atoms with E-state index in [4.69, 9.17) is 4.42 Å². The lowest BCUT2D eigenvalue weighted by molar-refractivity contribution is 0.669. The molecule has 14 aromatic rings. The fourth-order valence-electron chi connectivity index (χ4n) is 10.7. The van der Waals surface area contributed by atoms with E-state index in [0.717, 1.165) is 39.0 Å². The molecule has 0 atom stereocenters. The zero-order chi connectivity index (χ0) is 41.9. The molecule has 4 heterocycles. The van der Waals surface area contributed by atoms with Crippen LogP contribution in [0.1, 0.15) is 0 Å². The van der Waals surface area contributed by atoms with Crippen LogP contribution >= 0.6 is 0 Å². The van der Waals surface area contributed by atoms with Gasteiger partial charge in [0.2, 0.25) is 0 Å². The molecule has 0 amide bonds. The summed E-state index contributed by atoms with van der Waals surface area (Å²) in [6.07, 6.45) is 0. The van der Waals surface area contributed by atoms with Gasteiger partial charge in [-0.3, -0.25) is 0 Å². The number of para-hydroxylation sites is 5. The molecular weight excluding hydrogens is 779 g/mol. The van der Waals surface area contributed by atoms with Crippen LogP contribution in [0.4, 0.5) is 0 Å². The Hall–Kier alpha value is -8.60. The van der Waals surface area contributed by atoms with Gasteiger partial charge in [0, 0.05) is 60.0 Å². The van der Waals surface area contributed by atoms with Crippen LogP contribution in [0.15, 0.2) is 229 Å². The van der Waals surface area contributed by atoms with Crippen LogP contribution in [-0.4, -0.2) is 13.7 Å². The van der Waals surface area contributed by atoms with Gasteiger partial charge in [-0.25, -0.2) is 0 Å². The van der Waals surface area contributed by atoms with Crippen LogP contribution in [0.5, 0.6) is 0 Å². The van der Waals surface area contributed by atoms with E-state index in [1.165, 1.54) is 87.7 Å². The molecule has 0 N–H and O–H groups in total. The van der Waals surface area contributed by atoms with Gasteiger partial charge in [0.1, 0.15) is 11.2 Å². The molecular formula is C60H37N3O. The summed E-state index contributed by atoms with van der Waals surface area (Å²) < 4.78 is 13.7. The van der Waals surface area contributed by atoms with E-state index in [9.17, 15) is 0 Å². The first-order chi connectivity index (χ1) is 31.8. The third kappa shape index (κ3) is 4.99. The topological polar surface area (TPSA) is 27.9 Å². The molecule has 0 fully saturated rings. The second kappa shape index (κ2) is 13.4. The maximum absolute atomic E-state index is 6.43. The summed E-state index contributed by atoms with van der Waals surface area (Å²) in [4.78, 5) is 0. The Kier molecular flexibility index (Phi) is 7.36. The lowest BCUT2D eigenvalue weighted by Gasteiger charge is -2.15. The first kappa shape index (κ1) is 35.0. The van der Waals surface area contributed by atoms with Gasteiger partial charge in [0.25, 0.3) is 0 Å². The van der Waals surface area contributed by atoms with Crippen molar-refractivity contribution < 1.29 is 4.42 Å². The van der Waals surface area contributed by atoms with Crippen LogP contribution in [-0.2, 0) is 0 Å². The number of aromatic nitrogens is 3. The third-order valence-corrected chi connectivity index (χ3v) is 13.4. The molecule has 0 saturated carbocycles. The van der Waals surface area contributed by atoms with Gasteiger partial charge < -0.3 is 18.1 Å². The van der Waals surface area contributed by atoms with Crippen LogP contribution in [0.25, 0.3) is 127 Å². The summed E-state index contributed by atoms with van der Waals surface area (Å²) in [7, 11) is 0. The second-order valence-corrected chi connectivity index (χ2v) is 16.9. The smallest absolute Gasteiger partial charge is 0.135 e. The Balaban J connectivity index is 0.989. The number of hydrogen-bond acceptors (Lipinski definition) is 1. The predicted molar refractivity (Wildman–Crippen MR) is 268 cm³/mol. The van der Waals surface area contributed by atoms with E-state index in [2.05, 4.69) is 238 Å². The Morgan fingerprint density at radius 2 is 0.766 bits per heavy atom. The van der Waals surface area contributed by atoms with Crippen molar-refractivity contribution in [2.75, 3.05) is 0 Å². The highest BCUT2D eigenvalue weighted by Gasteiger charge is 2.23. The molecule has 0 aliphatic heterocycles. The number of nitrogens with zero attached hydrogens (tertiary/aromatic N) is 3. The Bertz CT molecular complexity index is 4180. The van der Waals surface area contributed by atoms with Crippen molar-refractivity contribution in [3.8, 4) is 39.3 Å². The third-order valence-electron chi connectivity index (χ3n) is 13.4. The molecule has 4 aromatic heterocycles. The predicted octanol–water partition coefficient (Wildman–Crippen LogP) is 16.2. The normalized spacial score (nSPS) is 12.1. The fraction of sp³-hybridized carbons (Fsp3) is 0. The quantitative estimate of drug-likeness (QED) is 0.170. The van der Waals surface area contributed by atoms with Crippen molar-refractivity contribution in [3.05, 3.63) is 224 Å². The summed E-state index contributed by atoms with van der Waals surface area (Å²) in [5, 5.41) is 9.66. The molecule has 0 aliphatic carbocycles. The molecule has 14 rings (SSSR count). The zero-order valence-corrected chi connectivity index (χ0v) is 34.6. The minimum absolute atomic E-state index is 0.884. The van der Waals surface area contributed by atoms with Crippen molar-refractivity contribution >= 4 is 87.4 Å². The van der Waals surface area contributed by atoms with Gasteiger partial charge in [-0.1, -0.05) is 133 Å². The summed E-state index contributed by atoms with van der Waals surface area (Å²) in [5.74, 6) is 0. The lowest BCUT2D eigenvalue weighted by Crippen LogP contribution is -1.97. The van der Waals surface area contributed by atoms with E-state index in [-0.39, 0.29) is 0 Å². The molecule has 0 saturated heterocycles. The van der Waals surface area contributed by atoms with E-state index in [0.29, 0.717) is 0 Å². The van der Waals surface area contributed by atoms with Crippen LogP contribution < -0.4 is 0 Å². The van der Waals surface area contributed by atoms with Gasteiger partial charge in [-0.15, -0.1) is 0 Å². The molecule has 10 aromatic carbocycles. The highest BCUT2D eigenvalue weighted by Crippen LogP contribution is 2.45. The van der Waals surface area contributed by atoms with Gasteiger partial charge in [-0.2, -0.15) is 0 Å². The second-order valence-electron chi connectivity index (χ2n) is 16.9. The highest BCUT2D eigenvalue weighted by molar-refractivity contribution is 6.29. The first-order valence-corrected chi connectivity index (χ1v) is 21.9. The van der Waals surface area contributed by atoms with E-state index >= 15 is 0 Å². The average Bonchev–Trinajstić information content (AvgIpc) is 4.10. The summed E-state index contributed by atoms with van der Waals surface area (Å²) >= 11 is 0. The minimum atomic E-state index is 0.884. The highest BCUT2D eigenvalue weighted by atomic mass is 16.3. The van der Waals surface area contributed by atoms with Gasteiger partial charge >= 0.3 is 0 Å². The van der Waals surface area contributed by atoms with Gasteiger partial charge in [0.05, 0.1) is 38.8 Å². The van der Waals surface area contributed by atoms with Crippen molar-refractivity contribution in [2.45, 2.75) is 0 Å². The molecule has 298 valence electrons. The molecule has 0 aliphatic rings. The van der Waals surface area contributed by atoms with Crippen molar-refractivity contribution in [3.63, 3.8) is 0 Å². The Labute approximate surface area is 367 Å². The van der Waals surface area contributed by atoms with Gasteiger partial charge in [0.15, 0.2) is 0 Å². The van der Waals surface area contributed by atoms with Crippen molar-refractivity contribution in [2.24, 2.45) is 0 Å². The standard InChI is InChI=1S/C60H37N3O/c1-3-15-38(16-4-1)39-28-33-57-48(35-39)49-37-42(29-34-58(49)64-57)62-52-25-13-9-21-45(52)59-55(62)31-32-56-60(59)46-22-10-14-26-53(46)63(56)50-23-11-7-19-43(50)40-27-30-54-47(36-40)44-20-8-12-24-51(44)61(54)41-17-5-2-6-18-41/h1-37H. The molecule has 4 nitrogen and oxygen atoms in total. The largest absolute Gasteiger partial charge is 0.456 e. The molecule has 0 bridgehead atoms. The number of rotatable bonds is 5. The zero-order valence-electron chi connectivity index (χ0n) is 34.6. The van der Waals surface area contributed by atoms with E-state index in [1.807, 2.05) is 0 Å². The molecule has 0 unspecified atom stereocenters. The SMILES string of the molecule is c1ccc(-c2ccc3oc4ccc(-n5c6ccccc6c6c7c8ccccc8n(-c8ccccc8-c8ccc9c(c8)c8ccccc8n9-c8ccccc8)c7ccc65)cc4c3c2)cc1. The summed E-state index contributed by atoms with van der Waals surface area (Å²) in [6.45, 7) is 0.